The summed E-state index contributed by atoms with van der Waals surface area (Å²) in [6, 6.07) is 0. The third-order valence-corrected chi connectivity index (χ3v) is 2.95. The van der Waals surface area contributed by atoms with Gasteiger partial charge in [-0.1, -0.05) is 55.4 Å². The summed E-state index contributed by atoms with van der Waals surface area (Å²) >= 11 is 0. The molecule has 2 unspecified atom stereocenters. The number of carbonyl (C=O) groups excluding carboxylic acids is 2. The molecule has 0 bridgehead atoms. The second-order valence-electron chi connectivity index (χ2n) is 8.89. The van der Waals surface area contributed by atoms with Gasteiger partial charge in [0.15, 0.2) is 0 Å². The van der Waals surface area contributed by atoms with Crippen LogP contribution in [0.3, 0.4) is 0 Å². The van der Waals surface area contributed by atoms with Gasteiger partial charge < -0.3 is 19.8 Å². The first-order chi connectivity index (χ1) is 9.62. The molecule has 0 heterocycles. The molecule has 0 aromatic carbocycles. The van der Waals surface area contributed by atoms with E-state index in [9.17, 15) is 19.8 Å². The van der Waals surface area contributed by atoms with E-state index in [1.807, 2.05) is 13.8 Å². The number of rotatable bonds is 6. The van der Waals surface area contributed by atoms with Crippen molar-refractivity contribution in [1.29, 1.82) is 0 Å². The maximum Gasteiger partial charge on any atom is 2.00 e. The molecule has 0 spiro atoms. The molecule has 0 aliphatic rings. The van der Waals surface area contributed by atoms with Crippen molar-refractivity contribution in [3.63, 3.8) is 0 Å². The predicted octanol–water partition coefficient (Wildman–Crippen LogP) is 2.39. The molecule has 0 aromatic heterocycles. The fraction of sp³-hybridized carbons (Fsp3) is 0.889. The zero-order valence-electron chi connectivity index (χ0n) is 15.9. The van der Waals surface area contributed by atoms with Crippen LogP contribution in [0.2, 0.25) is 0 Å². The van der Waals surface area contributed by atoms with Crippen LogP contribution in [0.5, 0.6) is 0 Å². The summed E-state index contributed by atoms with van der Waals surface area (Å²) in [7, 11) is 0. The fourth-order valence-corrected chi connectivity index (χ4v) is 2.80. The summed E-state index contributed by atoms with van der Waals surface area (Å²) in [5, 5.41) is 20.4. The maximum atomic E-state index is 10.2. The minimum atomic E-state index is -0.943. The van der Waals surface area contributed by atoms with Crippen molar-refractivity contribution in [2.24, 2.45) is 22.7 Å². The van der Waals surface area contributed by atoms with Crippen LogP contribution in [-0.4, -0.2) is 11.9 Å². The monoisotopic (exact) mass is 373 g/mol. The van der Waals surface area contributed by atoms with Crippen LogP contribution in [0, 0.1) is 22.7 Å². The molecule has 0 rings (SSSR count). The van der Waals surface area contributed by atoms with Gasteiger partial charge in [-0.05, 0) is 48.3 Å². The van der Waals surface area contributed by atoms with Crippen LogP contribution < -0.4 is 10.2 Å². The van der Waals surface area contributed by atoms with Crippen molar-refractivity contribution in [2.45, 2.75) is 81.1 Å². The summed E-state index contributed by atoms with van der Waals surface area (Å²) < 4.78 is 0. The first-order valence-electron chi connectivity index (χ1n) is 8.02. The van der Waals surface area contributed by atoms with E-state index in [0.29, 0.717) is 0 Å². The van der Waals surface area contributed by atoms with E-state index in [1.54, 1.807) is 0 Å². The molecule has 4 nitrogen and oxygen atoms in total. The molecule has 0 saturated heterocycles. The molecule has 0 aromatic rings. The van der Waals surface area contributed by atoms with Crippen molar-refractivity contribution in [1.82, 2.24) is 0 Å². The topological polar surface area (TPSA) is 80.3 Å². The van der Waals surface area contributed by atoms with Gasteiger partial charge in [-0.15, -0.1) is 0 Å². The van der Waals surface area contributed by atoms with Crippen molar-refractivity contribution in [2.75, 3.05) is 0 Å². The average Bonchev–Trinajstić information content (AvgIpc) is 2.07. The van der Waals surface area contributed by atoms with Crippen LogP contribution >= 0.6 is 0 Å². The van der Waals surface area contributed by atoms with E-state index in [-0.39, 0.29) is 52.3 Å². The smallest absolute Gasteiger partial charge is 0.550 e. The molecule has 0 saturated carbocycles. The quantitative estimate of drug-likeness (QED) is 0.716. The number of carboxylic acids is 2. The van der Waals surface area contributed by atoms with Gasteiger partial charge in [-0.3, -0.25) is 0 Å². The Hall–Kier alpha value is -0.554. The summed E-state index contributed by atoms with van der Waals surface area (Å²) in [6.07, 6.45) is 2.22. The van der Waals surface area contributed by atoms with Gasteiger partial charge in [0.05, 0.1) is 0 Å². The molecule has 0 aliphatic carbocycles. The van der Waals surface area contributed by atoms with Crippen molar-refractivity contribution < 1.29 is 36.6 Å². The molecule has 5 heteroatoms. The minimum Gasteiger partial charge on any atom is -0.550 e. The fourth-order valence-electron chi connectivity index (χ4n) is 2.80. The van der Waals surface area contributed by atoms with Gasteiger partial charge in [0.2, 0.25) is 0 Å². The number of carboxylic acid groups (broad SMARTS) is 2. The minimum absolute atomic E-state index is 0. The molecule has 0 aliphatic heterocycles. The van der Waals surface area contributed by atoms with Crippen LogP contribution in [0.1, 0.15) is 81.1 Å². The van der Waals surface area contributed by atoms with E-state index in [2.05, 4.69) is 41.5 Å². The van der Waals surface area contributed by atoms with Crippen LogP contribution in [-0.2, 0) is 26.4 Å². The van der Waals surface area contributed by atoms with E-state index in [4.69, 9.17) is 0 Å². The molecule has 0 amide bonds. The van der Waals surface area contributed by atoms with Crippen LogP contribution in [0.4, 0.5) is 0 Å². The second kappa shape index (κ2) is 11.9. The molecule has 2 atom stereocenters. The van der Waals surface area contributed by atoms with Gasteiger partial charge in [0, 0.05) is 11.9 Å². The molecule has 0 N–H and O–H groups in total. The third kappa shape index (κ3) is 26.6. The molecular formula is C18H34CoO4. The molecule has 139 valence electrons. The van der Waals surface area contributed by atoms with E-state index < -0.39 is 11.9 Å². The predicted molar refractivity (Wildman–Crippen MR) is 85.7 cm³/mol. The van der Waals surface area contributed by atoms with E-state index >= 15 is 0 Å². The number of hydrogen-bond donors (Lipinski definition) is 0. The Bertz CT molecular complexity index is 306. The van der Waals surface area contributed by atoms with Crippen molar-refractivity contribution >= 4 is 11.9 Å². The number of carbonyl (C=O) groups is 2. The standard InChI is InChI=1S/2C9H18O2.Co/c2*1-7(5-8(10)11)6-9(2,3)4;/h2*7H,5-6H2,1-4H3,(H,10,11);/q;;+2/p-2. The van der Waals surface area contributed by atoms with Crippen LogP contribution in [0.25, 0.3) is 0 Å². The van der Waals surface area contributed by atoms with Crippen LogP contribution in [0.15, 0.2) is 0 Å². The zero-order valence-corrected chi connectivity index (χ0v) is 17.0. The Morgan fingerprint density at radius 3 is 1.09 bits per heavy atom. The van der Waals surface area contributed by atoms with E-state index in [1.165, 1.54) is 0 Å². The Balaban J connectivity index is -0.000000333. The summed E-state index contributed by atoms with van der Waals surface area (Å²) in [5.74, 6) is -1.44. The average molecular weight is 373 g/mol. The first-order valence-corrected chi connectivity index (χ1v) is 8.02. The zero-order chi connectivity index (χ0) is 18.1. The number of aliphatic carboxylic acids is 2. The molecule has 23 heavy (non-hydrogen) atoms. The SMILES string of the molecule is CC(CC(=O)[O-])CC(C)(C)C.CC(CC(=O)[O-])CC(C)(C)C.[Co+2]. The third-order valence-electron chi connectivity index (χ3n) is 2.95. The van der Waals surface area contributed by atoms with Crippen molar-refractivity contribution in [3.05, 3.63) is 0 Å². The van der Waals surface area contributed by atoms with Gasteiger partial charge >= 0.3 is 16.8 Å². The maximum absolute atomic E-state index is 10.2. The Labute approximate surface area is 152 Å². The summed E-state index contributed by atoms with van der Waals surface area (Å²) in [5.41, 5.74) is 0.434. The summed E-state index contributed by atoms with van der Waals surface area (Å²) in [6.45, 7) is 16.6. The van der Waals surface area contributed by atoms with E-state index in [0.717, 1.165) is 12.8 Å². The largest absolute Gasteiger partial charge is 2.00 e. The number of hydrogen-bond acceptors (Lipinski definition) is 4. The first kappa shape index (κ1) is 27.3. The van der Waals surface area contributed by atoms with Crippen molar-refractivity contribution in [3.8, 4) is 0 Å². The molecule has 0 fully saturated rings. The molecule has 1 radical (unpaired) electrons. The Morgan fingerprint density at radius 1 is 0.739 bits per heavy atom. The van der Waals surface area contributed by atoms with Gasteiger partial charge in [-0.25, -0.2) is 0 Å². The molecular weight excluding hydrogens is 339 g/mol. The van der Waals surface area contributed by atoms with Gasteiger partial charge in [-0.2, -0.15) is 0 Å². The normalized spacial score (nSPS) is 13.9. The van der Waals surface area contributed by atoms with Gasteiger partial charge in [0.1, 0.15) is 0 Å². The summed E-state index contributed by atoms with van der Waals surface area (Å²) in [4.78, 5) is 20.4. The second-order valence-corrected chi connectivity index (χ2v) is 8.89. The van der Waals surface area contributed by atoms with Gasteiger partial charge in [0.25, 0.3) is 0 Å². The Morgan fingerprint density at radius 2 is 0.957 bits per heavy atom. The Kier molecular flexibility index (Phi) is 14.1.